The maximum atomic E-state index is 13.1. The van der Waals surface area contributed by atoms with Crippen LogP contribution in [0.1, 0.15) is 0 Å². The Morgan fingerprint density at radius 1 is 0.593 bits per heavy atom. The second-order valence-corrected chi connectivity index (χ2v) is 6.65. The van der Waals surface area contributed by atoms with Crippen molar-refractivity contribution in [1.29, 1.82) is 0 Å². The van der Waals surface area contributed by atoms with Gasteiger partial charge in [-0.05, 0) is 46.2 Å². The maximum Gasteiger partial charge on any atom is 0.256 e. The summed E-state index contributed by atoms with van der Waals surface area (Å²) < 4.78 is 1.78. The van der Waals surface area contributed by atoms with Crippen molar-refractivity contribution in [3.63, 3.8) is 0 Å². The van der Waals surface area contributed by atoms with Crippen molar-refractivity contribution in [2.45, 2.75) is 0 Å². The molecule has 0 saturated heterocycles. The molecule has 2 heteroatoms. The Morgan fingerprint density at radius 2 is 1.30 bits per heavy atom. The third-order valence-corrected chi connectivity index (χ3v) is 5.00. The van der Waals surface area contributed by atoms with E-state index < -0.39 is 0 Å². The quantitative estimate of drug-likeness (QED) is 0.395. The Labute approximate surface area is 157 Å². The zero-order valence-corrected chi connectivity index (χ0v) is 14.7. The molecular formula is C25H17NO. The molecule has 0 atom stereocenters. The molecule has 0 saturated carbocycles. The summed E-state index contributed by atoms with van der Waals surface area (Å²) in [6.07, 6.45) is 0. The van der Waals surface area contributed by atoms with Crippen molar-refractivity contribution >= 4 is 21.7 Å². The predicted octanol–water partition coefficient (Wildman–Crippen LogP) is 5.81. The Bertz CT molecular complexity index is 1330. The largest absolute Gasteiger partial charge is 0.277 e. The van der Waals surface area contributed by atoms with Gasteiger partial charge < -0.3 is 0 Å². The molecule has 1 heterocycles. The van der Waals surface area contributed by atoms with Gasteiger partial charge in [-0.2, -0.15) is 0 Å². The van der Waals surface area contributed by atoms with Crippen molar-refractivity contribution < 1.29 is 0 Å². The van der Waals surface area contributed by atoms with Crippen molar-refractivity contribution in [2.75, 3.05) is 0 Å². The number of benzene rings is 4. The summed E-state index contributed by atoms with van der Waals surface area (Å²) in [5, 5.41) is 3.44. The molecule has 27 heavy (non-hydrogen) atoms. The maximum absolute atomic E-state index is 13.1. The molecule has 5 rings (SSSR count). The second kappa shape index (κ2) is 6.26. The molecule has 0 bridgehead atoms. The molecule has 0 radical (unpaired) electrons. The molecule has 0 aliphatic rings. The highest BCUT2D eigenvalue weighted by molar-refractivity contribution is 5.98. The molecule has 1 aromatic heterocycles. The van der Waals surface area contributed by atoms with E-state index in [1.54, 1.807) is 10.6 Å². The van der Waals surface area contributed by atoms with Crippen molar-refractivity contribution in [3.8, 4) is 16.8 Å². The van der Waals surface area contributed by atoms with Crippen LogP contribution in [-0.2, 0) is 0 Å². The number of pyridine rings is 1. The minimum atomic E-state index is -0.0249. The van der Waals surface area contributed by atoms with Gasteiger partial charge >= 0.3 is 0 Å². The Hall–Kier alpha value is -3.65. The SMILES string of the molecule is O=c1cc(-c2ccc3ccccc3c2)c2ccccc2n1-c1ccccc1. The average molecular weight is 347 g/mol. The van der Waals surface area contributed by atoms with E-state index in [-0.39, 0.29) is 5.56 Å². The molecule has 0 spiro atoms. The normalized spacial score (nSPS) is 11.1. The van der Waals surface area contributed by atoms with E-state index in [1.807, 2.05) is 60.7 Å². The van der Waals surface area contributed by atoms with Crippen LogP contribution in [0.5, 0.6) is 0 Å². The van der Waals surface area contributed by atoms with Gasteiger partial charge in [0.15, 0.2) is 0 Å². The van der Waals surface area contributed by atoms with Gasteiger partial charge in [-0.15, -0.1) is 0 Å². The summed E-state index contributed by atoms with van der Waals surface area (Å²) in [6, 6.07) is 34.3. The first kappa shape index (κ1) is 15.6. The molecule has 5 aromatic rings. The molecule has 2 nitrogen and oxygen atoms in total. The summed E-state index contributed by atoms with van der Waals surface area (Å²) in [5.74, 6) is 0. The molecule has 0 amide bonds. The number of nitrogens with zero attached hydrogens (tertiary/aromatic N) is 1. The van der Waals surface area contributed by atoms with Gasteiger partial charge in [0, 0.05) is 17.1 Å². The van der Waals surface area contributed by atoms with Crippen molar-refractivity contribution in [3.05, 3.63) is 113 Å². The zero-order chi connectivity index (χ0) is 18.2. The van der Waals surface area contributed by atoms with Crippen LogP contribution in [0.15, 0.2) is 108 Å². The molecule has 0 aliphatic carbocycles. The molecule has 0 fully saturated rings. The molecule has 0 aliphatic heterocycles. The summed E-state index contributed by atoms with van der Waals surface area (Å²) in [4.78, 5) is 13.1. The van der Waals surface area contributed by atoms with Gasteiger partial charge in [-0.25, -0.2) is 0 Å². The fourth-order valence-corrected chi connectivity index (χ4v) is 3.72. The zero-order valence-electron chi connectivity index (χ0n) is 14.7. The first-order valence-corrected chi connectivity index (χ1v) is 9.01. The van der Waals surface area contributed by atoms with E-state index in [2.05, 4.69) is 36.4 Å². The van der Waals surface area contributed by atoms with Crippen LogP contribution in [0.4, 0.5) is 0 Å². The van der Waals surface area contributed by atoms with Gasteiger partial charge in [0.05, 0.1) is 5.52 Å². The standard InChI is InChI=1S/C25H17NO/c27-25-17-23(20-15-14-18-8-4-5-9-19(18)16-20)22-12-6-7-13-24(22)26(25)21-10-2-1-3-11-21/h1-17H. The number of fused-ring (bicyclic) bond motifs is 2. The lowest BCUT2D eigenvalue weighted by atomic mass is 9.98. The summed E-state index contributed by atoms with van der Waals surface area (Å²) in [7, 11) is 0. The van der Waals surface area contributed by atoms with E-state index >= 15 is 0 Å². The van der Waals surface area contributed by atoms with E-state index in [9.17, 15) is 4.79 Å². The fraction of sp³-hybridized carbons (Fsp3) is 0. The van der Waals surface area contributed by atoms with Gasteiger partial charge in [-0.1, -0.05) is 72.8 Å². The molecule has 4 aromatic carbocycles. The number of aromatic nitrogens is 1. The molecule has 0 N–H and O–H groups in total. The van der Waals surface area contributed by atoms with E-state index in [4.69, 9.17) is 0 Å². The highest BCUT2D eigenvalue weighted by Crippen LogP contribution is 2.30. The first-order valence-electron chi connectivity index (χ1n) is 9.01. The highest BCUT2D eigenvalue weighted by atomic mass is 16.1. The smallest absolute Gasteiger partial charge is 0.256 e. The lowest BCUT2D eigenvalue weighted by molar-refractivity contribution is 1.04. The lowest BCUT2D eigenvalue weighted by Crippen LogP contribution is -2.18. The Kier molecular flexibility index (Phi) is 3.61. The van der Waals surface area contributed by atoms with E-state index in [0.717, 1.165) is 27.7 Å². The van der Waals surface area contributed by atoms with Crippen LogP contribution in [0, 0.1) is 0 Å². The monoisotopic (exact) mass is 347 g/mol. The van der Waals surface area contributed by atoms with Crippen LogP contribution in [0.25, 0.3) is 38.5 Å². The highest BCUT2D eigenvalue weighted by Gasteiger charge is 2.11. The van der Waals surface area contributed by atoms with Gasteiger partial charge in [0.1, 0.15) is 0 Å². The number of para-hydroxylation sites is 2. The van der Waals surface area contributed by atoms with Crippen molar-refractivity contribution in [1.82, 2.24) is 4.57 Å². The molecule has 128 valence electrons. The Balaban J connectivity index is 1.83. The van der Waals surface area contributed by atoms with Crippen LogP contribution < -0.4 is 5.56 Å². The third-order valence-electron chi connectivity index (χ3n) is 5.00. The summed E-state index contributed by atoms with van der Waals surface area (Å²) >= 11 is 0. The van der Waals surface area contributed by atoms with Crippen molar-refractivity contribution in [2.24, 2.45) is 0 Å². The number of hydrogen-bond acceptors (Lipinski definition) is 1. The fourth-order valence-electron chi connectivity index (χ4n) is 3.72. The van der Waals surface area contributed by atoms with Crippen LogP contribution in [0.3, 0.4) is 0 Å². The van der Waals surface area contributed by atoms with Gasteiger partial charge in [-0.3, -0.25) is 9.36 Å². The number of rotatable bonds is 2. The Morgan fingerprint density at radius 3 is 2.15 bits per heavy atom. The number of hydrogen-bond donors (Lipinski definition) is 0. The lowest BCUT2D eigenvalue weighted by Gasteiger charge is -2.14. The van der Waals surface area contributed by atoms with E-state index in [0.29, 0.717) is 0 Å². The molecule has 0 unspecified atom stereocenters. The average Bonchev–Trinajstić information content (AvgIpc) is 2.73. The second-order valence-electron chi connectivity index (χ2n) is 6.65. The van der Waals surface area contributed by atoms with Gasteiger partial charge in [0.25, 0.3) is 5.56 Å². The summed E-state index contributed by atoms with van der Waals surface area (Å²) in [6.45, 7) is 0. The minimum Gasteiger partial charge on any atom is -0.277 e. The topological polar surface area (TPSA) is 22.0 Å². The molecular weight excluding hydrogens is 330 g/mol. The van der Waals surface area contributed by atoms with E-state index in [1.165, 1.54) is 10.8 Å². The van der Waals surface area contributed by atoms with Crippen LogP contribution in [0.2, 0.25) is 0 Å². The van der Waals surface area contributed by atoms with Crippen LogP contribution in [-0.4, -0.2) is 4.57 Å². The van der Waals surface area contributed by atoms with Gasteiger partial charge in [0.2, 0.25) is 0 Å². The third kappa shape index (κ3) is 2.63. The minimum absolute atomic E-state index is 0.0249. The van der Waals surface area contributed by atoms with Crippen LogP contribution >= 0.6 is 0 Å². The summed E-state index contributed by atoms with van der Waals surface area (Å²) in [5.41, 5.74) is 3.79. The predicted molar refractivity (Wildman–Crippen MR) is 112 cm³/mol. The first-order chi connectivity index (χ1) is 13.3.